The lowest BCUT2D eigenvalue weighted by molar-refractivity contribution is 0.147. The molecule has 1 saturated heterocycles. The van der Waals surface area contributed by atoms with Crippen molar-refractivity contribution in [2.24, 2.45) is 5.73 Å². The minimum Gasteiger partial charge on any atom is -0.323 e. The highest BCUT2D eigenvalue weighted by molar-refractivity contribution is 7.89. The molecule has 18 heavy (non-hydrogen) atoms. The number of nitrogens with two attached hydrogens (primary N) is 1. The molecular formula is C11H20N4O2S. The van der Waals surface area contributed by atoms with Gasteiger partial charge in [0.25, 0.3) is 0 Å². The van der Waals surface area contributed by atoms with Crippen LogP contribution < -0.4 is 5.73 Å². The molecule has 3 N–H and O–H groups in total. The Balaban J connectivity index is 2.21. The van der Waals surface area contributed by atoms with E-state index in [1.54, 1.807) is 13.8 Å². The number of rotatable bonds is 4. The molecule has 7 heteroatoms. The molecule has 2 heterocycles. The number of nitrogens with one attached hydrogen (secondary N) is 1. The van der Waals surface area contributed by atoms with Crippen molar-refractivity contribution in [3.8, 4) is 0 Å². The molecule has 0 unspecified atom stereocenters. The first-order valence-corrected chi connectivity index (χ1v) is 7.55. The number of hydrogen-bond acceptors (Lipinski definition) is 4. The number of aromatic amines is 1. The van der Waals surface area contributed by atoms with Gasteiger partial charge in [0.05, 0.1) is 11.4 Å². The summed E-state index contributed by atoms with van der Waals surface area (Å²) in [6.07, 6.45) is 1.82. The summed E-state index contributed by atoms with van der Waals surface area (Å²) in [5.74, 6) is 0. The maximum absolute atomic E-state index is 12.4. The van der Waals surface area contributed by atoms with E-state index < -0.39 is 10.0 Å². The number of aryl methyl sites for hydroxylation is 2. The Morgan fingerprint density at radius 3 is 2.50 bits per heavy atom. The van der Waals surface area contributed by atoms with Crippen LogP contribution in [-0.4, -0.2) is 41.5 Å². The van der Waals surface area contributed by atoms with Gasteiger partial charge in [-0.3, -0.25) is 5.10 Å². The molecule has 1 aliphatic heterocycles. The molecule has 2 rings (SSSR count). The number of sulfonamides is 1. The summed E-state index contributed by atoms with van der Waals surface area (Å²) in [5.41, 5.74) is 6.84. The number of H-pyrrole nitrogens is 1. The molecule has 0 aliphatic carbocycles. The first-order chi connectivity index (χ1) is 8.30. The fourth-order valence-corrected chi connectivity index (χ4v) is 4.50. The molecule has 0 radical (unpaired) electrons. The standard InChI is InChI=1S/C11H20N4O2S/c1-4-5-11(12)6-15(7-11)18(16,17)10-8(2)13-14-9(10)3/h4-7,12H2,1-3H3,(H,13,14). The van der Waals surface area contributed by atoms with Crippen LogP contribution in [0.3, 0.4) is 0 Å². The first kappa shape index (κ1) is 13.5. The third kappa shape index (κ3) is 2.06. The van der Waals surface area contributed by atoms with E-state index in [1.807, 2.05) is 0 Å². The summed E-state index contributed by atoms with van der Waals surface area (Å²) in [5, 5.41) is 6.64. The minimum absolute atomic E-state index is 0.293. The summed E-state index contributed by atoms with van der Waals surface area (Å²) >= 11 is 0. The van der Waals surface area contributed by atoms with E-state index in [9.17, 15) is 8.42 Å². The molecule has 0 saturated carbocycles. The first-order valence-electron chi connectivity index (χ1n) is 6.11. The Kier molecular flexibility index (Phi) is 3.25. The van der Waals surface area contributed by atoms with Gasteiger partial charge in [0.2, 0.25) is 10.0 Å². The fraction of sp³-hybridized carbons (Fsp3) is 0.727. The maximum atomic E-state index is 12.4. The van der Waals surface area contributed by atoms with Crippen molar-refractivity contribution >= 4 is 10.0 Å². The molecule has 0 amide bonds. The molecule has 0 atom stereocenters. The molecule has 0 bridgehead atoms. The Bertz CT molecular complexity index is 524. The average Bonchev–Trinajstić information content (AvgIpc) is 2.55. The summed E-state index contributed by atoms with van der Waals surface area (Å²) in [7, 11) is -3.45. The van der Waals surface area contributed by atoms with Crippen LogP contribution in [-0.2, 0) is 10.0 Å². The summed E-state index contributed by atoms with van der Waals surface area (Å²) in [4.78, 5) is 0.293. The fourth-order valence-electron chi connectivity index (χ4n) is 2.53. The van der Waals surface area contributed by atoms with Crippen LogP contribution in [0.25, 0.3) is 0 Å². The zero-order chi connectivity index (χ0) is 13.6. The average molecular weight is 272 g/mol. The Morgan fingerprint density at radius 1 is 1.44 bits per heavy atom. The van der Waals surface area contributed by atoms with Gasteiger partial charge >= 0.3 is 0 Å². The van der Waals surface area contributed by atoms with E-state index in [0.717, 1.165) is 12.8 Å². The predicted octanol–water partition coefficient (Wildman–Crippen LogP) is 0.528. The summed E-state index contributed by atoms with van der Waals surface area (Å²) in [6, 6.07) is 0. The normalized spacial score (nSPS) is 19.8. The molecule has 0 spiro atoms. The quantitative estimate of drug-likeness (QED) is 0.836. The van der Waals surface area contributed by atoms with Crippen molar-refractivity contribution in [1.82, 2.24) is 14.5 Å². The lowest BCUT2D eigenvalue weighted by atomic mass is 9.89. The lowest BCUT2D eigenvalue weighted by Gasteiger charge is -2.46. The summed E-state index contributed by atoms with van der Waals surface area (Å²) in [6.45, 7) is 6.25. The zero-order valence-electron chi connectivity index (χ0n) is 11.0. The van der Waals surface area contributed by atoms with Crippen LogP contribution in [0.4, 0.5) is 0 Å². The highest BCUT2D eigenvalue weighted by atomic mass is 32.2. The van der Waals surface area contributed by atoms with Gasteiger partial charge in [0.1, 0.15) is 4.90 Å². The van der Waals surface area contributed by atoms with E-state index >= 15 is 0 Å². The molecular weight excluding hydrogens is 252 g/mol. The van der Waals surface area contributed by atoms with Crippen LogP contribution in [0.2, 0.25) is 0 Å². The Morgan fingerprint density at radius 2 is 2.06 bits per heavy atom. The van der Waals surface area contributed by atoms with Gasteiger partial charge in [-0.2, -0.15) is 9.40 Å². The van der Waals surface area contributed by atoms with Crippen molar-refractivity contribution in [3.63, 3.8) is 0 Å². The molecule has 102 valence electrons. The molecule has 1 aromatic heterocycles. The van der Waals surface area contributed by atoms with E-state index in [1.165, 1.54) is 4.31 Å². The maximum Gasteiger partial charge on any atom is 0.246 e. The molecule has 1 aromatic rings. The Hall–Kier alpha value is -0.920. The second kappa shape index (κ2) is 4.32. The smallest absolute Gasteiger partial charge is 0.246 e. The van der Waals surface area contributed by atoms with Gasteiger partial charge in [-0.05, 0) is 20.3 Å². The van der Waals surface area contributed by atoms with E-state index in [-0.39, 0.29) is 5.54 Å². The van der Waals surface area contributed by atoms with Gasteiger partial charge in [-0.1, -0.05) is 13.3 Å². The molecule has 6 nitrogen and oxygen atoms in total. The van der Waals surface area contributed by atoms with E-state index in [2.05, 4.69) is 17.1 Å². The largest absolute Gasteiger partial charge is 0.323 e. The zero-order valence-corrected chi connectivity index (χ0v) is 11.8. The van der Waals surface area contributed by atoms with Crippen LogP contribution in [0.15, 0.2) is 4.90 Å². The van der Waals surface area contributed by atoms with Crippen molar-refractivity contribution in [1.29, 1.82) is 0 Å². The van der Waals surface area contributed by atoms with Gasteiger partial charge < -0.3 is 5.73 Å². The topological polar surface area (TPSA) is 92.1 Å². The number of aromatic nitrogens is 2. The molecule has 1 fully saturated rings. The van der Waals surface area contributed by atoms with Gasteiger partial charge in [0.15, 0.2) is 0 Å². The molecule has 0 aromatic carbocycles. The van der Waals surface area contributed by atoms with Crippen LogP contribution in [0.1, 0.15) is 31.2 Å². The lowest BCUT2D eigenvalue weighted by Crippen LogP contribution is -2.68. The van der Waals surface area contributed by atoms with Crippen molar-refractivity contribution in [3.05, 3.63) is 11.4 Å². The third-order valence-electron chi connectivity index (χ3n) is 3.39. The summed E-state index contributed by atoms with van der Waals surface area (Å²) < 4.78 is 26.3. The monoisotopic (exact) mass is 272 g/mol. The van der Waals surface area contributed by atoms with E-state index in [4.69, 9.17) is 5.73 Å². The highest BCUT2D eigenvalue weighted by Crippen LogP contribution is 2.31. The van der Waals surface area contributed by atoms with Crippen LogP contribution in [0.5, 0.6) is 0 Å². The van der Waals surface area contributed by atoms with Crippen molar-refractivity contribution < 1.29 is 8.42 Å². The van der Waals surface area contributed by atoms with E-state index in [0.29, 0.717) is 29.4 Å². The Labute approximate surface area is 108 Å². The van der Waals surface area contributed by atoms with Crippen LogP contribution >= 0.6 is 0 Å². The van der Waals surface area contributed by atoms with Gasteiger partial charge in [-0.25, -0.2) is 8.42 Å². The second-order valence-electron chi connectivity index (χ2n) is 5.15. The number of hydrogen-bond donors (Lipinski definition) is 2. The minimum atomic E-state index is -3.45. The van der Waals surface area contributed by atoms with Crippen molar-refractivity contribution in [2.75, 3.05) is 13.1 Å². The highest BCUT2D eigenvalue weighted by Gasteiger charge is 2.46. The van der Waals surface area contributed by atoms with Crippen LogP contribution in [0, 0.1) is 13.8 Å². The molecule has 1 aliphatic rings. The van der Waals surface area contributed by atoms with Gasteiger partial charge in [-0.15, -0.1) is 0 Å². The predicted molar refractivity (Wildman–Crippen MR) is 68.6 cm³/mol. The van der Waals surface area contributed by atoms with Crippen molar-refractivity contribution in [2.45, 2.75) is 44.0 Å². The number of nitrogens with zero attached hydrogens (tertiary/aromatic N) is 2. The third-order valence-corrected chi connectivity index (χ3v) is 5.44. The SMILES string of the molecule is CCCC1(N)CN(S(=O)(=O)c2c(C)n[nH]c2C)C1. The van der Waals surface area contributed by atoms with Gasteiger partial charge in [0, 0.05) is 18.6 Å². The second-order valence-corrected chi connectivity index (χ2v) is 7.02.